The number of aromatic nitrogens is 2. The van der Waals surface area contributed by atoms with Crippen LogP contribution in [-0.4, -0.2) is 29.2 Å². The fraction of sp³-hybridized carbons (Fsp3) is 0.333. The summed E-state index contributed by atoms with van der Waals surface area (Å²) in [5.41, 5.74) is 0.735. The molecule has 0 amide bonds. The largest absolute Gasteiger partial charge is 0.497 e. The normalized spacial score (nSPS) is 12.0. The zero-order valence-corrected chi connectivity index (χ0v) is 12.2. The molecular weight excluding hydrogens is 275 g/mol. The SMILES string of the molecule is CCOC(=O)c1c(F)ncn1C(C)c1ccc(OC)cc1. The second kappa shape index (κ2) is 6.39. The molecule has 2 aromatic rings. The van der Waals surface area contributed by atoms with Gasteiger partial charge in [-0.1, -0.05) is 12.1 Å². The Labute approximate surface area is 122 Å². The van der Waals surface area contributed by atoms with Crippen molar-refractivity contribution in [1.29, 1.82) is 0 Å². The van der Waals surface area contributed by atoms with Crippen LogP contribution in [0.25, 0.3) is 0 Å². The Kier molecular flexibility index (Phi) is 4.57. The molecule has 1 heterocycles. The minimum Gasteiger partial charge on any atom is -0.497 e. The van der Waals surface area contributed by atoms with Gasteiger partial charge in [-0.2, -0.15) is 4.39 Å². The van der Waals surface area contributed by atoms with E-state index in [1.54, 1.807) is 14.0 Å². The van der Waals surface area contributed by atoms with Crippen LogP contribution >= 0.6 is 0 Å². The second-order valence-electron chi connectivity index (χ2n) is 4.46. The van der Waals surface area contributed by atoms with Crippen molar-refractivity contribution in [2.24, 2.45) is 0 Å². The highest BCUT2D eigenvalue weighted by molar-refractivity contribution is 5.87. The van der Waals surface area contributed by atoms with Gasteiger partial charge in [0.1, 0.15) is 5.75 Å². The van der Waals surface area contributed by atoms with Crippen LogP contribution in [0.15, 0.2) is 30.6 Å². The highest BCUT2D eigenvalue weighted by Crippen LogP contribution is 2.23. The van der Waals surface area contributed by atoms with Crippen molar-refractivity contribution >= 4 is 5.97 Å². The maximum atomic E-state index is 13.7. The topological polar surface area (TPSA) is 53.3 Å². The third kappa shape index (κ3) is 3.04. The average Bonchev–Trinajstić information content (AvgIpc) is 2.88. The Morgan fingerprint density at radius 2 is 2.05 bits per heavy atom. The number of rotatable bonds is 5. The number of hydrogen-bond acceptors (Lipinski definition) is 4. The zero-order valence-electron chi connectivity index (χ0n) is 12.2. The van der Waals surface area contributed by atoms with E-state index < -0.39 is 11.9 Å². The summed E-state index contributed by atoms with van der Waals surface area (Å²) >= 11 is 0. The van der Waals surface area contributed by atoms with E-state index in [1.165, 1.54) is 10.9 Å². The van der Waals surface area contributed by atoms with E-state index in [9.17, 15) is 9.18 Å². The van der Waals surface area contributed by atoms with E-state index in [0.29, 0.717) is 0 Å². The molecule has 112 valence electrons. The van der Waals surface area contributed by atoms with Gasteiger partial charge in [-0.05, 0) is 31.5 Å². The van der Waals surface area contributed by atoms with Crippen molar-refractivity contribution in [2.45, 2.75) is 19.9 Å². The number of imidazole rings is 1. The molecule has 0 aliphatic heterocycles. The molecule has 1 atom stereocenters. The molecule has 0 aliphatic rings. The van der Waals surface area contributed by atoms with Crippen LogP contribution in [0, 0.1) is 5.95 Å². The summed E-state index contributed by atoms with van der Waals surface area (Å²) in [6.45, 7) is 3.70. The number of hydrogen-bond donors (Lipinski definition) is 0. The quantitative estimate of drug-likeness (QED) is 0.795. The number of ether oxygens (including phenoxy) is 2. The van der Waals surface area contributed by atoms with Crippen LogP contribution in [0.3, 0.4) is 0 Å². The van der Waals surface area contributed by atoms with E-state index in [0.717, 1.165) is 11.3 Å². The molecule has 1 unspecified atom stereocenters. The van der Waals surface area contributed by atoms with Crippen molar-refractivity contribution in [3.05, 3.63) is 47.8 Å². The molecular formula is C15H17FN2O3. The lowest BCUT2D eigenvalue weighted by molar-refractivity contribution is 0.0506. The molecule has 0 spiro atoms. The van der Waals surface area contributed by atoms with Gasteiger partial charge in [0.25, 0.3) is 0 Å². The lowest BCUT2D eigenvalue weighted by Crippen LogP contribution is -2.16. The number of carbonyl (C=O) groups excluding carboxylic acids is 1. The summed E-state index contributed by atoms with van der Waals surface area (Å²) in [5, 5.41) is 0. The fourth-order valence-electron chi connectivity index (χ4n) is 2.06. The number of halogens is 1. The van der Waals surface area contributed by atoms with Gasteiger partial charge in [-0.3, -0.25) is 0 Å². The number of methoxy groups -OCH3 is 1. The van der Waals surface area contributed by atoms with Gasteiger partial charge in [0.05, 0.1) is 26.1 Å². The maximum absolute atomic E-state index is 13.7. The first-order valence-electron chi connectivity index (χ1n) is 6.61. The van der Waals surface area contributed by atoms with Gasteiger partial charge in [-0.15, -0.1) is 0 Å². The molecule has 1 aromatic carbocycles. The van der Waals surface area contributed by atoms with E-state index >= 15 is 0 Å². The Balaban J connectivity index is 2.34. The lowest BCUT2D eigenvalue weighted by Gasteiger charge is -2.16. The lowest BCUT2D eigenvalue weighted by atomic mass is 10.1. The minimum absolute atomic E-state index is 0.167. The maximum Gasteiger partial charge on any atom is 0.359 e. The van der Waals surface area contributed by atoms with Crippen LogP contribution in [0.1, 0.15) is 35.9 Å². The average molecular weight is 292 g/mol. The number of esters is 1. The number of carbonyl (C=O) groups is 1. The van der Waals surface area contributed by atoms with Crippen molar-refractivity contribution in [2.75, 3.05) is 13.7 Å². The third-order valence-corrected chi connectivity index (χ3v) is 3.23. The number of nitrogens with zero attached hydrogens (tertiary/aromatic N) is 2. The van der Waals surface area contributed by atoms with Crippen LogP contribution in [-0.2, 0) is 4.74 Å². The first-order chi connectivity index (χ1) is 10.1. The molecule has 5 nitrogen and oxygen atoms in total. The predicted molar refractivity (Wildman–Crippen MR) is 74.9 cm³/mol. The number of benzene rings is 1. The monoisotopic (exact) mass is 292 g/mol. The highest BCUT2D eigenvalue weighted by atomic mass is 19.1. The molecule has 0 N–H and O–H groups in total. The fourth-order valence-corrected chi connectivity index (χ4v) is 2.06. The molecule has 2 rings (SSSR count). The van der Waals surface area contributed by atoms with Gasteiger partial charge in [0, 0.05) is 0 Å². The van der Waals surface area contributed by atoms with Crippen LogP contribution in [0.2, 0.25) is 0 Å². The first-order valence-corrected chi connectivity index (χ1v) is 6.61. The van der Waals surface area contributed by atoms with Crippen LogP contribution in [0.4, 0.5) is 4.39 Å². The molecule has 21 heavy (non-hydrogen) atoms. The second-order valence-corrected chi connectivity index (χ2v) is 4.46. The molecule has 0 bridgehead atoms. The van der Waals surface area contributed by atoms with E-state index in [1.807, 2.05) is 31.2 Å². The van der Waals surface area contributed by atoms with E-state index in [2.05, 4.69) is 4.98 Å². The van der Waals surface area contributed by atoms with Gasteiger partial charge in [0.15, 0.2) is 5.69 Å². The van der Waals surface area contributed by atoms with Crippen molar-refractivity contribution in [3.8, 4) is 5.75 Å². The van der Waals surface area contributed by atoms with Crippen molar-refractivity contribution in [3.63, 3.8) is 0 Å². The standard InChI is InChI=1S/C15H17FN2O3/c1-4-21-15(19)13-14(16)17-9-18(13)10(2)11-5-7-12(20-3)8-6-11/h5-10H,4H2,1-3H3. The molecule has 1 aromatic heterocycles. The zero-order chi connectivity index (χ0) is 15.4. The van der Waals surface area contributed by atoms with Crippen LogP contribution < -0.4 is 4.74 Å². The predicted octanol–water partition coefficient (Wildman–Crippen LogP) is 2.82. The third-order valence-electron chi connectivity index (χ3n) is 3.23. The molecule has 0 saturated heterocycles. The van der Waals surface area contributed by atoms with Crippen molar-refractivity contribution in [1.82, 2.24) is 9.55 Å². The summed E-state index contributed by atoms with van der Waals surface area (Å²) in [6, 6.07) is 7.08. The Morgan fingerprint density at radius 1 is 1.38 bits per heavy atom. The molecule has 0 radical (unpaired) electrons. The summed E-state index contributed by atoms with van der Waals surface area (Å²) < 4.78 is 25.2. The van der Waals surface area contributed by atoms with Gasteiger partial charge in [0.2, 0.25) is 5.95 Å². The minimum atomic E-state index is -0.825. The van der Waals surface area contributed by atoms with Gasteiger partial charge >= 0.3 is 5.97 Å². The molecule has 0 saturated carbocycles. The van der Waals surface area contributed by atoms with Crippen molar-refractivity contribution < 1.29 is 18.7 Å². The van der Waals surface area contributed by atoms with Gasteiger partial charge in [-0.25, -0.2) is 9.78 Å². The molecule has 0 aliphatic carbocycles. The summed E-state index contributed by atoms with van der Waals surface area (Å²) in [7, 11) is 1.59. The van der Waals surface area contributed by atoms with E-state index in [4.69, 9.17) is 9.47 Å². The first kappa shape index (κ1) is 15.0. The summed E-state index contributed by atoms with van der Waals surface area (Å²) in [5.74, 6) is -0.810. The molecule has 6 heteroatoms. The van der Waals surface area contributed by atoms with Gasteiger partial charge < -0.3 is 14.0 Å². The Bertz CT molecular complexity index is 622. The Morgan fingerprint density at radius 3 is 2.62 bits per heavy atom. The Hall–Kier alpha value is -2.37. The van der Waals surface area contributed by atoms with Crippen LogP contribution in [0.5, 0.6) is 5.75 Å². The smallest absolute Gasteiger partial charge is 0.359 e. The summed E-state index contributed by atoms with van der Waals surface area (Å²) in [4.78, 5) is 15.4. The summed E-state index contributed by atoms with van der Waals surface area (Å²) in [6.07, 6.45) is 1.30. The molecule has 0 fully saturated rings. The van der Waals surface area contributed by atoms with E-state index in [-0.39, 0.29) is 18.3 Å². The highest BCUT2D eigenvalue weighted by Gasteiger charge is 2.23.